The van der Waals surface area contributed by atoms with Crippen LogP contribution in [0.2, 0.25) is 0 Å². The molecular weight excluding hydrogens is 240 g/mol. The number of alkyl halides is 1. The van der Waals surface area contributed by atoms with Crippen molar-refractivity contribution >= 4 is 17.5 Å². The molecule has 17 heavy (non-hydrogen) atoms. The molecule has 1 heterocycles. The first-order valence-corrected chi connectivity index (χ1v) is 6.13. The quantitative estimate of drug-likeness (QED) is 0.799. The number of aromatic nitrogens is 1. The highest BCUT2D eigenvalue weighted by atomic mass is 35.5. The molecule has 92 valence electrons. The van der Waals surface area contributed by atoms with Gasteiger partial charge in [-0.25, -0.2) is 0 Å². The number of hydrogen-bond acceptors (Lipinski definition) is 2. The Morgan fingerprint density at radius 3 is 2.94 bits per heavy atom. The normalized spacial score (nSPS) is 16.6. The zero-order chi connectivity index (χ0) is 12.4. The molecule has 1 unspecified atom stereocenters. The van der Waals surface area contributed by atoms with Crippen molar-refractivity contribution in [1.82, 2.24) is 10.3 Å². The molecule has 1 aromatic heterocycles. The number of rotatable bonds is 4. The van der Waals surface area contributed by atoms with Gasteiger partial charge in [-0.05, 0) is 25.7 Å². The molecule has 1 fully saturated rings. The minimum Gasteiger partial charge on any atom is -0.364 e. The van der Waals surface area contributed by atoms with Crippen LogP contribution in [-0.2, 0) is 0 Å². The summed E-state index contributed by atoms with van der Waals surface area (Å²) < 4.78 is 0. The fraction of sp³-hybridized carbons (Fsp3) is 0.500. The molecule has 0 spiro atoms. The summed E-state index contributed by atoms with van der Waals surface area (Å²) in [5.41, 5.74) is 0.603. The van der Waals surface area contributed by atoms with Crippen molar-refractivity contribution in [2.75, 3.05) is 6.54 Å². The van der Waals surface area contributed by atoms with Gasteiger partial charge in [0.1, 0.15) is 5.56 Å². The molecule has 1 amide bonds. The van der Waals surface area contributed by atoms with E-state index in [1.165, 1.54) is 12.3 Å². The summed E-state index contributed by atoms with van der Waals surface area (Å²) in [6, 6.07) is 1.41. The molecule has 4 nitrogen and oxygen atoms in total. The van der Waals surface area contributed by atoms with Gasteiger partial charge < -0.3 is 10.3 Å². The van der Waals surface area contributed by atoms with Crippen molar-refractivity contribution in [2.24, 2.45) is 5.92 Å². The van der Waals surface area contributed by atoms with Gasteiger partial charge in [0.25, 0.3) is 5.91 Å². The molecule has 2 rings (SSSR count). The Hall–Kier alpha value is -1.29. The summed E-state index contributed by atoms with van der Waals surface area (Å²) in [6.45, 7) is 2.18. The first-order chi connectivity index (χ1) is 8.08. The summed E-state index contributed by atoms with van der Waals surface area (Å²) in [5.74, 6) is 0.158. The third-order valence-electron chi connectivity index (χ3n) is 2.89. The fourth-order valence-corrected chi connectivity index (χ4v) is 1.99. The summed E-state index contributed by atoms with van der Waals surface area (Å²) >= 11 is 6.07. The van der Waals surface area contributed by atoms with Crippen molar-refractivity contribution in [1.29, 1.82) is 0 Å². The van der Waals surface area contributed by atoms with Crippen molar-refractivity contribution < 1.29 is 4.79 Å². The molecule has 1 aliphatic carbocycles. The first-order valence-electron chi connectivity index (χ1n) is 5.69. The Morgan fingerprint density at radius 1 is 1.65 bits per heavy atom. The number of aromatic amines is 1. The van der Waals surface area contributed by atoms with E-state index in [2.05, 4.69) is 10.3 Å². The molecular formula is C12H15ClN2O2. The van der Waals surface area contributed by atoms with Crippen molar-refractivity contribution in [2.45, 2.75) is 25.1 Å². The Bertz CT molecular complexity index is 480. The number of aryl methyl sites for hydroxylation is 1. The van der Waals surface area contributed by atoms with Crippen LogP contribution in [0.15, 0.2) is 17.1 Å². The average Bonchev–Trinajstić information content (AvgIpc) is 3.09. The van der Waals surface area contributed by atoms with E-state index in [-0.39, 0.29) is 22.3 Å². The monoisotopic (exact) mass is 254 g/mol. The third kappa shape index (κ3) is 3.09. The molecule has 0 bridgehead atoms. The molecule has 5 heteroatoms. The summed E-state index contributed by atoms with van der Waals surface area (Å²) in [4.78, 5) is 26.1. The third-order valence-corrected chi connectivity index (χ3v) is 3.40. The highest BCUT2D eigenvalue weighted by Crippen LogP contribution is 2.35. The lowest BCUT2D eigenvalue weighted by molar-refractivity contribution is 0.0951. The summed E-state index contributed by atoms with van der Waals surface area (Å²) in [6.07, 6.45) is 3.71. The highest BCUT2D eigenvalue weighted by Gasteiger charge is 2.29. The van der Waals surface area contributed by atoms with E-state index in [0.717, 1.165) is 18.5 Å². The topological polar surface area (TPSA) is 62.0 Å². The maximum atomic E-state index is 11.7. The molecule has 1 atom stereocenters. The van der Waals surface area contributed by atoms with Gasteiger partial charge in [0.05, 0.1) is 5.38 Å². The molecule has 1 saturated carbocycles. The predicted molar refractivity (Wildman–Crippen MR) is 66.5 cm³/mol. The molecule has 0 aromatic carbocycles. The molecule has 1 aliphatic rings. The van der Waals surface area contributed by atoms with Gasteiger partial charge in [-0.2, -0.15) is 0 Å². The van der Waals surface area contributed by atoms with E-state index >= 15 is 0 Å². The maximum Gasteiger partial charge on any atom is 0.256 e. The number of H-pyrrole nitrogens is 1. The van der Waals surface area contributed by atoms with Gasteiger partial charge in [-0.1, -0.05) is 0 Å². The van der Waals surface area contributed by atoms with Gasteiger partial charge in [0.2, 0.25) is 0 Å². The molecule has 0 saturated heterocycles. The van der Waals surface area contributed by atoms with Crippen LogP contribution in [-0.4, -0.2) is 22.8 Å². The fourth-order valence-electron chi connectivity index (χ4n) is 1.66. The minimum absolute atomic E-state index is 0.0246. The minimum atomic E-state index is -0.363. The Labute approximate surface area is 104 Å². The van der Waals surface area contributed by atoms with Crippen molar-refractivity contribution in [3.8, 4) is 0 Å². The average molecular weight is 255 g/mol. The largest absolute Gasteiger partial charge is 0.364 e. The van der Waals surface area contributed by atoms with Crippen LogP contribution in [0.4, 0.5) is 0 Å². The van der Waals surface area contributed by atoms with E-state index in [0.29, 0.717) is 12.5 Å². The maximum absolute atomic E-state index is 11.7. The van der Waals surface area contributed by atoms with Crippen molar-refractivity contribution in [3.05, 3.63) is 33.7 Å². The number of pyridine rings is 1. The highest BCUT2D eigenvalue weighted by molar-refractivity contribution is 6.21. The molecule has 1 aromatic rings. The van der Waals surface area contributed by atoms with E-state index in [1.54, 1.807) is 6.92 Å². The van der Waals surface area contributed by atoms with Crippen LogP contribution < -0.4 is 10.7 Å². The smallest absolute Gasteiger partial charge is 0.256 e. The van der Waals surface area contributed by atoms with Crippen LogP contribution in [0.5, 0.6) is 0 Å². The number of amides is 1. The standard InChI is InChI=1S/C12H15ClN2O2/c1-7-4-11(16)9(5-14-7)12(17)15-6-10(13)8-2-3-8/h4-5,8,10H,2-3,6H2,1H3,(H,14,16)(H,15,17). The lowest BCUT2D eigenvalue weighted by Gasteiger charge is -2.09. The van der Waals surface area contributed by atoms with E-state index < -0.39 is 0 Å². The molecule has 0 radical (unpaired) electrons. The number of nitrogens with one attached hydrogen (secondary N) is 2. The van der Waals surface area contributed by atoms with Crippen LogP contribution >= 0.6 is 11.6 Å². The predicted octanol–water partition coefficient (Wildman–Crippen LogP) is 1.43. The van der Waals surface area contributed by atoms with Crippen LogP contribution in [0.1, 0.15) is 28.9 Å². The first kappa shape index (κ1) is 12.2. The number of hydrogen-bond donors (Lipinski definition) is 2. The zero-order valence-corrected chi connectivity index (χ0v) is 10.4. The van der Waals surface area contributed by atoms with Gasteiger partial charge in [-0.15, -0.1) is 11.6 Å². The Balaban J connectivity index is 1.96. The second-order valence-electron chi connectivity index (χ2n) is 4.46. The number of carbonyl (C=O) groups excluding carboxylic acids is 1. The SMILES string of the molecule is Cc1cc(=O)c(C(=O)NCC(Cl)C2CC2)c[nH]1. The second kappa shape index (κ2) is 4.92. The summed E-state index contributed by atoms with van der Waals surface area (Å²) in [7, 11) is 0. The lowest BCUT2D eigenvalue weighted by atomic mass is 10.2. The second-order valence-corrected chi connectivity index (χ2v) is 5.02. The Kier molecular flexibility index (Phi) is 3.52. The van der Waals surface area contributed by atoms with Gasteiger partial charge in [0.15, 0.2) is 5.43 Å². The molecule has 0 aliphatic heterocycles. The number of halogens is 1. The summed E-state index contributed by atoms with van der Waals surface area (Å²) in [5, 5.41) is 2.66. The van der Waals surface area contributed by atoms with Crippen LogP contribution in [0, 0.1) is 12.8 Å². The van der Waals surface area contributed by atoms with Crippen LogP contribution in [0.3, 0.4) is 0 Å². The van der Waals surface area contributed by atoms with Gasteiger partial charge in [0, 0.05) is 24.5 Å². The van der Waals surface area contributed by atoms with Gasteiger partial charge in [-0.3, -0.25) is 9.59 Å². The lowest BCUT2D eigenvalue weighted by Crippen LogP contribution is -2.33. The van der Waals surface area contributed by atoms with Crippen molar-refractivity contribution in [3.63, 3.8) is 0 Å². The number of carbonyl (C=O) groups is 1. The zero-order valence-electron chi connectivity index (χ0n) is 9.63. The van der Waals surface area contributed by atoms with Gasteiger partial charge >= 0.3 is 0 Å². The van der Waals surface area contributed by atoms with E-state index in [9.17, 15) is 9.59 Å². The van der Waals surface area contributed by atoms with E-state index in [4.69, 9.17) is 11.6 Å². The van der Waals surface area contributed by atoms with Crippen LogP contribution in [0.25, 0.3) is 0 Å². The molecule has 2 N–H and O–H groups in total. The Morgan fingerprint density at radius 2 is 2.35 bits per heavy atom. The van der Waals surface area contributed by atoms with E-state index in [1.807, 2.05) is 0 Å².